The number of aromatic nitrogens is 2. The lowest BCUT2D eigenvalue weighted by molar-refractivity contribution is -0.138. The summed E-state index contributed by atoms with van der Waals surface area (Å²) in [5.74, 6) is 0.416. The van der Waals surface area contributed by atoms with Gasteiger partial charge in [-0.05, 0) is 43.2 Å². The molecule has 1 aliphatic rings. The summed E-state index contributed by atoms with van der Waals surface area (Å²) in [7, 11) is 0. The van der Waals surface area contributed by atoms with Crippen LogP contribution in [-0.2, 0) is 16.0 Å². The van der Waals surface area contributed by atoms with Gasteiger partial charge in [-0.1, -0.05) is 6.07 Å². The molecule has 1 atom stereocenters. The fourth-order valence-electron chi connectivity index (χ4n) is 2.84. The van der Waals surface area contributed by atoms with E-state index in [9.17, 15) is 9.18 Å². The Morgan fingerprint density at radius 2 is 2.21 bits per heavy atom. The number of hydrogen-bond donors (Lipinski definition) is 0. The molecule has 2 aromatic rings. The molecular weight excluding hydrogens is 309 g/mol. The number of halogens is 1. The fourth-order valence-corrected chi connectivity index (χ4v) is 2.84. The van der Waals surface area contributed by atoms with Crippen LogP contribution in [0.3, 0.4) is 0 Å². The largest absolute Gasteiger partial charge is 0.368 e. The molecule has 0 spiro atoms. The number of hydrogen-bond acceptors (Lipinski definition) is 4. The van der Waals surface area contributed by atoms with Crippen LogP contribution in [0.25, 0.3) is 0 Å². The standard InChI is InChI=1S/C18H20FN3O2/c1-12-9-15(19)4-3-14(12)10-18(23)22-7-8-24-17(11-22)16-5-6-20-13(2)21-16/h3-6,9,17H,7-8,10-11H2,1-2H3/t17-/m1/s1. The van der Waals surface area contributed by atoms with Crippen LogP contribution in [-0.4, -0.2) is 40.5 Å². The number of morpholine rings is 1. The van der Waals surface area contributed by atoms with Gasteiger partial charge >= 0.3 is 0 Å². The lowest BCUT2D eigenvalue weighted by atomic mass is 10.0. The Hall–Kier alpha value is -2.34. The van der Waals surface area contributed by atoms with Crippen molar-refractivity contribution in [2.75, 3.05) is 19.7 Å². The van der Waals surface area contributed by atoms with E-state index in [1.165, 1.54) is 12.1 Å². The summed E-state index contributed by atoms with van der Waals surface area (Å²) in [5, 5.41) is 0. The molecule has 24 heavy (non-hydrogen) atoms. The minimum atomic E-state index is -0.283. The van der Waals surface area contributed by atoms with Crippen LogP contribution in [0.15, 0.2) is 30.5 Å². The third kappa shape index (κ3) is 3.76. The Balaban J connectivity index is 1.69. The maximum absolute atomic E-state index is 13.2. The quantitative estimate of drug-likeness (QED) is 0.867. The van der Waals surface area contributed by atoms with Crippen molar-refractivity contribution < 1.29 is 13.9 Å². The summed E-state index contributed by atoms with van der Waals surface area (Å²) in [6, 6.07) is 6.33. The molecule has 5 nitrogen and oxygen atoms in total. The molecule has 1 aliphatic heterocycles. The van der Waals surface area contributed by atoms with E-state index >= 15 is 0 Å². The minimum absolute atomic E-state index is 0.0174. The smallest absolute Gasteiger partial charge is 0.227 e. The normalized spacial score (nSPS) is 17.8. The molecular formula is C18H20FN3O2. The molecule has 1 fully saturated rings. The Bertz CT molecular complexity index is 751. The van der Waals surface area contributed by atoms with E-state index in [2.05, 4.69) is 9.97 Å². The fraction of sp³-hybridized carbons (Fsp3) is 0.389. The lowest BCUT2D eigenvalue weighted by Gasteiger charge is -2.33. The van der Waals surface area contributed by atoms with Gasteiger partial charge in [0.15, 0.2) is 0 Å². The van der Waals surface area contributed by atoms with Gasteiger partial charge in [-0.3, -0.25) is 4.79 Å². The van der Waals surface area contributed by atoms with E-state index in [1.54, 1.807) is 17.2 Å². The number of aryl methyl sites for hydroxylation is 2. The maximum atomic E-state index is 13.2. The molecule has 1 aromatic heterocycles. The van der Waals surface area contributed by atoms with Crippen LogP contribution in [0.1, 0.15) is 28.7 Å². The van der Waals surface area contributed by atoms with Crippen molar-refractivity contribution in [3.8, 4) is 0 Å². The number of ether oxygens (including phenoxy) is 1. The van der Waals surface area contributed by atoms with E-state index in [-0.39, 0.29) is 24.2 Å². The summed E-state index contributed by atoms with van der Waals surface area (Å²) in [5.41, 5.74) is 2.43. The first-order valence-electron chi connectivity index (χ1n) is 7.97. The summed E-state index contributed by atoms with van der Waals surface area (Å²) in [6.07, 6.45) is 1.73. The molecule has 126 valence electrons. The van der Waals surface area contributed by atoms with Crippen LogP contribution >= 0.6 is 0 Å². The van der Waals surface area contributed by atoms with Gasteiger partial charge in [0.2, 0.25) is 5.91 Å². The van der Waals surface area contributed by atoms with Crippen molar-refractivity contribution in [3.05, 3.63) is 58.9 Å². The summed E-state index contributed by atoms with van der Waals surface area (Å²) < 4.78 is 18.9. The monoisotopic (exact) mass is 329 g/mol. The maximum Gasteiger partial charge on any atom is 0.227 e. The number of benzene rings is 1. The van der Waals surface area contributed by atoms with E-state index < -0.39 is 0 Å². The Labute approximate surface area is 140 Å². The third-order valence-electron chi connectivity index (χ3n) is 4.19. The molecule has 0 unspecified atom stereocenters. The van der Waals surface area contributed by atoms with Crippen LogP contribution in [0.5, 0.6) is 0 Å². The number of rotatable bonds is 3. The SMILES string of the molecule is Cc1nccc([C@H]2CN(C(=O)Cc3ccc(F)cc3C)CCO2)n1. The Morgan fingerprint density at radius 1 is 1.38 bits per heavy atom. The number of nitrogens with zero attached hydrogens (tertiary/aromatic N) is 3. The zero-order valence-corrected chi connectivity index (χ0v) is 13.8. The first kappa shape index (κ1) is 16.5. The van der Waals surface area contributed by atoms with Crippen molar-refractivity contribution in [1.29, 1.82) is 0 Å². The van der Waals surface area contributed by atoms with Crippen molar-refractivity contribution in [2.45, 2.75) is 26.4 Å². The second kappa shape index (κ2) is 7.05. The second-order valence-corrected chi connectivity index (χ2v) is 5.98. The highest BCUT2D eigenvalue weighted by Crippen LogP contribution is 2.21. The van der Waals surface area contributed by atoms with Gasteiger partial charge in [-0.25, -0.2) is 14.4 Å². The van der Waals surface area contributed by atoms with E-state index in [0.29, 0.717) is 25.5 Å². The van der Waals surface area contributed by atoms with Crippen molar-refractivity contribution >= 4 is 5.91 Å². The average molecular weight is 329 g/mol. The van der Waals surface area contributed by atoms with E-state index in [4.69, 9.17) is 4.74 Å². The van der Waals surface area contributed by atoms with Crippen LogP contribution in [0, 0.1) is 19.7 Å². The summed E-state index contributed by atoms with van der Waals surface area (Å²) >= 11 is 0. The zero-order valence-electron chi connectivity index (χ0n) is 13.8. The number of carbonyl (C=O) groups excluding carboxylic acids is 1. The predicted octanol–water partition coefficient (Wildman–Crippen LogP) is 2.38. The van der Waals surface area contributed by atoms with E-state index in [0.717, 1.165) is 16.8 Å². The molecule has 3 rings (SSSR count). The van der Waals surface area contributed by atoms with E-state index in [1.807, 2.05) is 19.9 Å². The van der Waals surface area contributed by atoms with Crippen molar-refractivity contribution in [1.82, 2.24) is 14.9 Å². The Kier molecular flexibility index (Phi) is 4.85. The van der Waals surface area contributed by atoms with Crippen LogP contribution in [0.2, 0.25) is 0 Å². The molecule has 0 radical (unpaired) electrons. The van der Waals surface area contributed by atoms with Gasteiger partial charge in [0.05, 0.1) is 25.3 Å². The highest BCUT2D eigenvalue weighted by atomic mass is 19.1. The zero-order chi connectivity index (χ0) is 17.1. The average Bonchev–Trinajstić information content (AvgIpc) is 2.57. The molecule has 2 heterocycles. The van der Waals surface area contributed by atoms with Gasteiger partial charge in [-0.15, -0.1) is 0 Å². The predicted molar refractivity (Wildman–Crippen MR) is 86.9 cm³/mol. The second-order valence-electron chi connectivity index (χ2n) is 5.98. The van der Waals surface area contributed by atoms with Crippen LogP contribution in [0.4, 0.5) is 4.39 Å². The molecule has 0 saturated carbocycles. The third-order valence-corrected chi connectivity index (χ3v) is 4.19. The van der Waals surface area contributed by atoms with Gasteiger partial charge < -0.3 is 9.64 Å². The van der Waals surface area contributed by atoms with Gasteiger partial charge in [0.25, 0.3) is 0 Å². The molecule has 6 heteroatoms. The van der Waals surface area contributed by atoms with Crippen molar-refractivity contribution in [2.24, 2.45) is 0 Å². The summed E-state index contributed by atoms with van der Waals surface area (Å²) in [4.78, 5) is 22.8. The number of carbonyl (C=O) groups is 1. The number of amides is 1. The molecule has 1 aromatic carbocycles. The van der Waals surface area contributed by atoms with Crippen molar-refractivity contribution in [3.63, 3.8) is 0 Å². The minimum Gasteiger partial charge on any atom is -0.368 e. The lowest BCUT2D eigenvalue weighted by Crippen LogP contribution is -2.43. The first-order chi connectivity index (χ1) is 11.5. The summed E-state index contributed by atoms with van der Waals surface area (Å²) in [6.45, 7) is 5.14. The molecule has 1 saturated heterocycles. The molecule has 0 aliphatic carbocycles. The van der Waals surface area contributed by atoms with Gasteiger partial charge in [0.1, 0.15) is 17.7 Å². The molecule has 0 N–H and O–H groups in total. The highest BCUT2D eigenvalue weighted by molar-refractivity contribution is 5.79. The Morgan fingerprint density at radius 3 is 2.96 bits per heavy atom. The highest BCUT2D eigenvalue weighted by Gasteiger charge is 2.26. The van der Waals surface area contributed by atoms with Gasteiger partial charge in [0, 0.05) is 12.7 Å². The molecule has 1 amide bonds. The first-order valence-corrected chi connectivity index (χ1v) is 7.97. The van der Waals surface area contributed by atoms with Gasteiger partial charge in [-0.2, -0.15) is 0 Å². The van der Waals surface area contributed by atoms with Crippen LogP contribution < -0.4 is 0 Å². The topological polar surface area (TPSA) is 55.3 Å². The molecule has 0 bridgehead atoms.